The normalized spacial score (nSPS) is 10.9. The second-order valence-electron chi connectivity index (χ2n) is 4.73. The predicted octanol–water partition coefficient (Wildman–Crippen LogP) is 2.10. The second-order valence-corrected chi connectivity index (χ2v) is 4.73. The quantitative estimate of drug-likeness (QED) is 0.681. The van der Waals surface area contributed by atoms with Gasteiger partial charge in [0.1, 0.15) is 5.69 Å². The highest BCUT2D eigenvalue weighted by molar-refractivity contribution is 5.97. The molecule has 2 heterocycles. The van der Waals surface area contributed by atoms with Crippen LogP contribution in [0.2, 0.25) is 0 Å². The van der Waals surface area contributed by atoms with Crippen LogP contribution in [0.3, 0.4) is 0 Å². The lowest BCUT2D eigenvalue weighted by Gasteiger charge is -1.98. The van der Waals surface area contributed by atoms with Gasteiger partial charge in [0, 0.05) is 18.6 Å². The zero-order valence-electron chi connectivity index (χ0n) is 11.4. The first-order valence-electron chi connectivity index (χ1n) is 6.37. The van der Waals surface area contributed by atoms with Crippen LogP contribution in [0.5, 0.6) is 0 Å². The Morgan fingerprint density at radius 2 is 2.00 bits per heavy atom. The fourth-order valence-electron chi connectivity index (χ4n) is 2.20. The van der Waals surface area contributed by atoms with Crippen molar-refractivity contribution in [3.63, 3.8) is 0 Å². The maximum absolute atomic E-state index is 12.2. The monoisotopic (exact) mass is 266 g/mol. The van der Waals surface area contributed by atoms with E-state index in [0.717, 1.165) is 22.3 Å². The minimum Gasteiger partial charge on any atom is -0.292 e. The lowest BCUT2D eigenvalue weighted by Crippen LogP contribution is -2.08. The number of para-hydroxylation sites is 1. The molecule has 0 aliphatic rings. The highest BCUT2D eigenvalue weighted by Gasteiger charge is 2.14. The van der Waals surface area contributed by atoms with Crippen LogP contribution in [-0.4, -0.2) is 25.5 Å². The van der Waals surface area contributed by atoms with Gasteiger partial charge in [-0.25, -0.2) is 4.98 Å². The van der Waals surface area contributed by atoms with Crippen molar-refractivity contribution in [3.05, 3.63) is 53.7 Å². The van der Waals surface area contributed by atoms with Gasteiger partial charge in [0.05, 0.1) is 29.5 Å². The molecule has 0 aliphatic heterocycles. The van der Waals surface area contributed by atoms with E-state index in [2.05, 4.69) is 15.1 Å². The average Bonchev–Trinajstić information content (AvgIpc) is 2.77. The van der Waals surface area contributed by atoms with Crippen molar-refractivity contribution in [1.29, 1.82) is 0 Å². The highest BCUT2D eigenvalue weighted by atomic mass is 16.1. The Labute approximate surface area is 116 Å². The summed E-state index contributed by atoms with van der Waals surface area (Å²) in [5.41, 5.74) is 2.97. The summed E-state index contributed by atoms with van der Waals surface area (Å²) in [4.78, 5) is 20.4. The maximum Gasteiger partial charge on any atom is 0.188 e. The van der Waals surface area contributed by atoms with E-state index in [9.17, 15) is 4.79 Å². The Bertz CT molecular complexity index is 774. The van der Waals surface area contributed by atoms with E-state index in [-0.39, 0.29) is 12.2 Å². The summed E-state index contributed by atoms with van der Waals surface area (Å²) < 4.78 is 1.79. The van der Waals surface area contributed by atoms with E-state index in [1.54, 1.807) is 10.9 Å². The van der Waals surface area contributed by atoms with Crippen LogP contribution < -0.4 is 0 Å². The van der Waals surface area contributed by atoms with Crippen molar-refractivity contribution >= 4 is 16.7 Å². The topological polar surface area (TPSA) is 60.7 Å². The van der Waals surface area contributed by atoms with Crippen LogP contribution in [0.25, 0.3) is 10.9 Å². The number of hydrogen-bond donors (Lipinski definition) is 0. The SMILES string of the molecule is Cc1cnc(C(=O)Cc2nn(C)c3ccccc23)cn1. The zero-order valence-corrected chi connectivity index (χ0v) is 11.4. The zero-order chi connectivity index (χ0) is 14.1. The van der Waals surface area contributed by atoms with Gasteiger partial charge in [-0.15, -0.1) is 0 Å². The van der Waals surface area contributed by atoms with Crippen molar-refractivity contribution in [2.75, 3.05) is 0 Å². The summed E-state index contributed by atoms with van der Waals surface area (Å²) in [7, 11) is 1.88. The van der Waals surface area contributed by atoms with Gasteiger partial charge >= 0.3 is 0 Å². The van der Waals surface area contributed by atoms with Crippen molar-refractivity contribution < 1.29 is 4.79 Å². The van der Waals surface area contributed by atoms with E-state index < -0.39 is 0 Å². The number of benzene rings is 1. The first-order chi connectivity index (χ1) is 9.65. The molecule has 100 valence electrons. The molecule has 3 aromatic rings. The lowest BCUT2D eigenvalue weighted by atomic mass is 10.1. The van der Waals surface area contributed by atoms with E-state index >= 15 is 0 Å². The predicted molar refractivity (Wildman–Crippen MR) is 75.5 cm³/mol. The van der Waals surface area contributed by atoms with Crippen LogP contribution in [0.1, 0.15) is 21.9 Å². The molecule has 2 aromatic heterocycles. The molecule has 3 rings (SSSR count). The molecule has 0 unspecified atom stereocenters. The molecule has 0 saturated heterocycles. The van der Waals surface area contributed by atoms with Crippen LogP contribution >= 0.6 is 0 Å². The summed E-state index contributed by atoms with van der Waals surface area (Å²) in [5.74, 6) is -0.0682. The summed E-state index contributed by atoms with van der Waals surface area (Å²) in [5, 5.41) is 5.42. The summed E-state index contributed by atoms with van der Waals surface area (Å²) in [6.07, 6.45) is 3.35. The number of fused-ring (bicyclic) bond motifs is 1. The smallest absolute Gasteiger partial charge is 0.188 e. The minimum absolute atomic E-state index is 0.0682. The van der Waals surface area contributed by atoms with Crippen molar-refractivity contribution in [2.24, 2.45) is 7.05 Å². The molecule has 0 fully saturated rings. The standard InChI is InChI=1S/C15H14N4O/c1-10-8-17-13(9-16-10)15(20)7-12-11-5-3-4-6-14(11)19(2)18-12/h3-6,8-9H,7H2,1-2H3. The molecule has 0 bridgehead atoms. The molecule has 0 spiro atoms. The lowest BCUT2D eigenvalue weighted by molar-refractivity contribution is 0.0987. The molecule has 0 atom stereocenters. The van der Waals surface area contributed by atoms with E-state index in [1.165, 1.54) is 6.20 Å². The maximum atomic E-state index is 12.2. The molecule has 20 heavy (non-hydrogen) atoms. The Morgan fingerprint density at radius 3 is 2.75 bits per heavy atom. The van der Waals surface area contributed by atoms with Crippen LogP contribution in [-0.2, 0) is 13.5 Å². The van der Waals surface area contributed by atoms with E-state index in [4.69, 9.17) is 0 Å². The molecular weight excluding hydrogens is 252 g/mol. The third-order valence-electron chi connectivity index (χ3n) is 3.23. The fourth-order valence-corrected chi connectivity index (χ4v) is 2.20. The first kappa shape index (κ1) is 12.5. The molecular formula is C15H14N4O. The average molecular weight is 266 g/mol. The van der Waals surface area contributed by atoms with Gasteiger partial charge in [0.15, 0.2) is 5.78 Å². The van der Waals surface area contributed by atoms with Gasteiger partial charge in [-0.3, -0.25) is 14.5 Å². The van der Waals surface area contributed by atoms with Crippen LogP contribution in [0.4, 0.5) is 0 Å². The van der Waals surface area contributed by atoms with Crippen molar-refractivity contribution in [1.82, 2.24) is 19.7 Å². The van der Waals surface area contributed by atoms with Crippen molar-refractivity contribution in [3.8, 4) is 0 Å². The van der Waals surface area contributed by atoms with Crippen molar-refractivity contribution in [2.45, 2.75) is 13.3 Å². The minimum atomic E-state index is -0.0682. The Morgan fingerprint density at radius 1 is 1.20 bits per heavy atom. The van der Waals surface area contributed by atoms with Gasteiger partial charge in [0.25, 0.3) is 0 Å². The fraction of sp³-hybridized carbons (Fsp3) is 0.200. The number of nitrogens with zero attached hydrogens (tertiary/aromatic N) is 4. The number of hydrogen-bond acceptors (Lipinski definition) is 4. The molecule has 1 aromatic carbocycles. The van der Waals surface area contributed by atoms with Gasteiger partial charge < -0.3 is 0 Å². The van der Waals surface area contributed by atoms with E-state index in [1.807, 2.05) is 38.2 Å². The number of aromatic nitrogens is 4. The second kappa shape index (κ2) is 4.85. The Kier molecular flexibility index (Phi) is 3.02. The van der Waals surface area contributed by atoms with Crippen LogP contribution in [0, 0.1) is 6.92 Å². The summed E-state index contributed by atoms with van der Waals surface area (Å²) in [6, 6.07) is 7.87. The number of Topliss-reactive ketones (excluding diaryl/α,β-unsaturated/α-hetero) is 1. The molecule has 5 nitrogen and oxygen atoms in total. The third kappa shape index (κ3) is 2.18. The number of aryl methyl sites for hydroxylation is 2. The van der Waals surface area contributed by atoms with Gasteiger partial charge in [-0.05, 0) is 13.0 Å². The van der Waals surface area contributed by atoms with Gasteiger partial charge in [0.2, 0.25) is 0 Å². The third-order valence-corrected chi connectivity index (χ3v) is 3.23. The largest absolute Gasteiger partial charge is 0.292 e. The molecule has 5 heteroatoms. The Hall–Kier alpha value is -2.56. The van der Waals surface area contributed by atoms with E-state index in [0.29, 0.717) is 5.69 Å². The molecule has 0 radical (unpaired) electrons. The molecule has 0 saturated carbocycles. The Balaban J connectivity index is 1.93. The highest BCUT2D eigenvalue weighted by Crippen LogP contribution is 2.18. The summed E-state index contributed by atoms with van der Waals surface area (Å²) in [6.45, 7) is 1.84. The molecule has 0 aliphatic carbocycles. The molecule has 0 amide bonds. The number of carbonyl (C=O) groups is 1. The molecule has 0 N–H and O–H groups in total. The summed E-state index contributed by atoms with van der Waals surface area (Å²) >= 11 is 0. The van der Waals surface area contributed by atoms with Gasteiger partial charge in [-0.1, -0.05) is 18.2 Å². The van der Waals surface area contributed by atoms with Crippen LogP contribution in [0.15, 0.2) is 36.7 Å². The van der Waals surface area contributed by atoms with Gasteiger partial charge in [-0.2, -0.15) is 5.10 Å². The number of ketones is 1. The first-order valence-corrected chi connectivity index (χ1v) is 6.37. The number of carbonyl (C=O) groups excluding carboxylic acids is 1. The number of rotatable bonds is 3.